The molecule has 1 aliphatic rings. The lowest BCUT2D eigenvalue weighted by atomic mass is 10.3. The maximum Gasteiger partial charge on any atom is 0.298 e. The summed E-state index contributed by atoms with van der Waals surface area (Å²) in [6.07, 6.45) is 4.77. The van der Waals surface area contributed by atoms with Crippen LogP contribution in [0.1, 0.15) is 26.7 Å². The number of hydrogen-bond acceptors (Lipinski definition) is 3. The van der Waals surface area contributed by atoms with Crippen LogP contribution in [0.3, 0.4) is 0 Å². The molecule has 0 unspecified atom stereocenters. The Morgan fingerprint density at radius 3 is 3.07 bits per heavy atom. The van der Waals surface area contributed by atoms with E-state index in [2.05, 4.69) is 5.09 Å². The van der Waals surface area contributed by atoms with Crippen LogP contribution in [-0.4, -0.2) is 23.6 Å². The van der Waals surface area contributed by atoms with E-state index in [1.165, 1.54) is 0 Å². The van der Waals surface area contributed by atoms with E-state index < -0.39 is 13.4 Å². The van der Waals surface area contributed by atoms with Crippen molar-refractivity contribution in [2.24, 2.45) is 0 Å². The van der Waals surface area contributed by atoms with Crippen molar-refractivity contribution in [1.82, 2.24) is 5.09 Å². The van der Waals surface area contributed by atoms with Gasteiger partial charge in [-0.3, -0.25) is 4.57 Å². The number of aliphatic hydroxyl groups excluding tert-OH is 1. The minimum Gasteiger partial charge on any atom is -0.381 e. The Balaban J connectivity index is 2.58. The van der Waals surface area contributed by atoms with E-state index in [4.69, 9.17) is 4.52 Å². The molecule has 82 valence electrons. The van der Waals surface area contributed by atoms with Gasteiger partial charge in [-0.2, -0.15) is 0 Å². The highest BCUT2D eigenvalue weighted by atomic mass is 31.2. The average molecular weight is 219 g/mol. The number of allylic oxidation sites excluding steroid dienone is 1. The molecule has 14 heavy (non-hydrogen) atoms. The first-order valence-electron chi connectivity index (χ1n) is 4.91. The molecule has 1 heterocycles. The van der Waals surface area contributed by atoms with Crippen LogP contribution in [0.4, 0.5) is 0 Å². The van der Waals surface area contributed by atoms with Gasteiger partial charge in [0.1, 0.15) is 5.85 Å². The highest BCUT2D eigenvalue weighted by Crippen LogP contribution is 2.51. The third-order valence-corrected chi connectivity index (χ3v) is 4.53. The lowest BCUT2D eigenvalue weighted by Gasteiger charge is -2.31. The zero-order valence-electron chi connectivity index (χ0n) is 8.64. The summed E-state index contributed by atoms with van der Waals surface area (Å²) < 4.78 is 17.3. The Morgan fingerprint density at radius 2 is 2.50 bits per heavy atom. The Morgan fingerprint density at radius 1 is 1.79 bits per heavy atom. The van der Waals surface area contributed by atoms with E-state index in [1.807, 2.05) is 19.9 Å². The summed E-state index contributed by atoms with van der Waals surface area (Å²) in [7, 11) is -3.04. The van der Waals surface area contributed by atoms with Crippen LogP contribution >= 0.6 is 7.52 Å². The molecule has 0 radical (unpaired) electrons. The van der Waals surface area contributed by atoms with Crippen molar-refractivity contribution in [3.8, 4) is 0 Å². The summed E-state index contributed by atoms with van der Waals surface area (Å²) in [4.78, 5) is 0. The van der Waals surface area contributed by atoms with Crippen molar-refractivity contribution in [2.45, 2.75) is 38.6 Å². The summed E-state index contributed by atoms with van der Waals surface area (Å²) in [6.45, 7) is 4.38. The van der Waals surface area contributed by atoms with Gasteiger partial charge in [-0.15, -0.1) is 0 Å². The number of hydrogen-bond donors (Lipinski definition) is 2. The quantitative estimate of drug-likeness (QED) is 0.562. The molecule has 0 bridgehead atoms. The highest BCUT2D eigenvalue weighted by Gasteiger charge is 2.36. The standard InChI is InChI=1S/C9H18NO3P/c1-3-4-5-9(11)14(12)10-7-6-8(2)13-14/h3-4,8-9,11H,5-7H2,1-2H3,(H,10,12)/b4-3+/t8-,9+,14-/m0/s1. The second-order valence-electron chi connectivity index (χ2n) is 3.50. The fraction of sp³-hybridized carbons (Fsp3) is 0.778. The predicted octanol–water partition coefficient (Wildman–Crippen LogP) is 1.86. The normalized spacial score (nSPS) is 36.1. The van der Waals surface area contributed by atoms with Gasteiger partial charge in [-0.1, -0.05) is 12.2 Å². The molecule has 0 aromatic heterocycles. The van der Waals surface area contributed by atoms with Gasteiger partial charge in [0, 0.05) is 13.0 Å². The molecule has 0 aromatic rings. The largest absolute Gasteiger partial charge is 0.381 e. The summed E-state index contributed by atoms with van der Waals surface area (Å²) >= 11 is 0. The molecule has 1 fully saturated rings. The molecule has 4 nitrogen and oxygen atoms in total. The molecule has 0 aliphatic carbocycles. The molecular weight excluding hydrogens is 201 g/mol. The lowest BCUT2D eigenvalue weighted by Crippen LogP contribution is -2.32. The first-order valence-corrected chi connectivity index (χ1v) is 6.60. The van der Waals surface area contributed by atoms with Crippen molar-refractivity contribution in [3.05, 3.63) is 12.2 Å². The molecular formula is C9H18NO3P. The second kappa shape index (κ2) is 5.08. The van der Waals surface area contributed by atoms with Crippen molar-refractivity contribution in [2.75, 3.05) is 6.54 Å². The van der Waals surface area contributed by atoms with E-state index >= 15 is 0 Å². The van der Waals surface area contributed by atoms with E-state index in [9.17, 15) is 9.67 Å². The topological polar surface area (TPSA) is 58.6 Å². The fourth-order valence-electron chi connectivity index (χ4n) is 1.35. The van der Waals surface area contributed by atoms with E-state index in [-0.39, 0.29) is 6.10 Å². The zero-order valence-corrected chi connectivity index (χ0v) is 9.54. The molecule has 3 atom stereocenters. The van der Waals surface area contributed by atoms with E-state index in [0.717, 1.165) is 6.42 Å². The number of aliphatic hydroxyl groups is 1. The Kier molecular flexibility index (Phi) is 4.32. The third-order valence-electron chi connectivity index (χ3n) is 2.19. The van der Waals surface area contributed by atoms with Crippen LogP contribution in [-0.2, 0) is 9.09 Å². The van der Waals surface area contributed by atoms with Gasteiger partial charge in [0.15, 0.2) is 0 Å². The smallest absolute Gasteiger partial charge is 0.298 e. The predicted molar refractivity (Wildman–Crippen MR) is 56.2 cm³/mol. The van der Waals surface area contributed by atoms with Crippen LogP contribution < -0.4 is 5.09 Å². The van der Waals surface area contributed by atoms with Gasteiger partial charge < -0.3 is 9.63 Å². The second-order valence-corrected chi connectivity index (χ2v) is 5.81. The first-order chi connectivity index (χ1) is 6.58. The van der Waals surface area contributed by atoms with Crippen LogP contribution in [0.15, 0.2) is 12.2 Å². The fourth-order valence-corrected chi connectivity index (χ4v) is 3.26. The molecule has 0 aromatic carbocycles. The molecule has 1 aliphatic heterocycles. The van der Waals surface area contributed by atoms with Crippen LogP contribution in [0.25, 0.3) is 0 Å². The van der Waals surface area contributed by atoms with Gasteiger partial charge in [0.25, 0.3) is 7.52 Å². The minimum atomic E-state index is -3.04. The Bertz CT molecular complexity index is 254. The van der Waals surface area contributed by atoms with Gasteiger partial charge in [-0.05, 0) is 20.3 Å². The Hall–Kier alpha value is -0.150. The number of rotatable bonds is 3. The van der Waals surface area contributed by atoms with Crippen molar-refractivity contribution < 1.29 is 14.2 Å². The highest BCUT2D eigenvalue weighted by molar-refractivity contribution is 7.57. The molecule has 0 amide bonds. The monoisotopic (exact) mass is 219 g/mol. The van der Waals surface area contributed by atoms with Crippen molar-refractivity contribution in [1.29, 1.82) is 0 Å². The zero-order chi connectivity index (χ0) is 10.6. The third kappa shape index (κ3) is 2.92. The lowest BCUT2D eigenvalue weighted by molar-refractivity contribution is 0.148. The van der Waals surface area contributed by atoms with E-state index in [0.29, 0.717) is 13.0 Å². The van der Waals surface area contributed by atoms with Gasteiger partial charge in [0.05, 0.1) is 6.10 Å². The Labute approximate surface area is 84.9 Å². The van der Waals surface area contributed by atoms with Crippen LogP contribution in [0.2, 0.25) is 0 Å². The van der Waals surface area contributed by atoms with Crippen molar-refractivity contribution in [3.63, 3.8) is 0 Å². The van der Waals surface area contributed by atoms with Gasteiger partial charge >= 0.3 is 0 Å². The summed E-state index contributed by atoms with van der Waals surface area (Å²) in [5.41, 5.74) is 0. The van der Waals surface area contributed by atoms with E-state index in [1.54, 1.807) is 6.08 Å². The maximum absolute atomic E-state index is 12.0. The first kappa shape index (κ1) is 11.9. The number of nitrogens with one attached hydrogen (secondary N) is 1. The van der Waals surface area contributed by atoms with Crippen LogP contribution in [0.5, 0.6) is 0 Å². The SMILES string of the molecule is C/C=C/C[C@H](O)[P@@]1(=O)NCC[C@H](C)O1. The maximum atomic E-state index is 12.0. The minimum absolute atomic E-state index is 0.0395. The molecule has 5 heteroatoms. The van der Waals surface area contributed by atoms with Crippen molar-refractivity contribution >= 4 is 7.52 Å². The molecule has 1 rings (SSSR count). The van der Waals surface area contributed by atoms with Gasteiger partial charge in [-0.25, -0.2) is 5.09 Å². The molecule has 1 saturated heterocycles. The molecule has 0 spiro atoms. The average Bonchev–Trinajstić information content (AvgIpc) is 2.13. The summed E-state index contributed by atoms with van der Waals surface area (Å²) in [6, 6.07) is 0. The molecule has 0 saturated carbocycles. The summed E-state index contributed by atoms with van der Waals surface area (Å²) in [5, 5.41) is 12.5. The molecule has 2 N–H and O–H groups in total. The van der Waals surface area contributed by atoms with Gasteiger partial charge in [0.2, 0.25) is 0 Å². The van der Waals surface area contributed by atoms with Crippen LogP contribution in [0, 0.1) is 0 Å². The summed E-state index contributed by atoms with van der Waals surface area (Å²) in [5.74, 6) is -0.929.